The summed E-state index contributed by atoms with van der Waals surface area (Å²) in [6.07, 6.45) is 4.42. The zero-order chi connectivity index (χ0) is 19.9. The predicted octanol–water partition coefficient (Wildman–Crippen LogP) is 2.91. The molecule has 2 N–H and O–H groups in total. The van der Waals surface area contributed by atoms with Crippen molar-refractivity contribution in [2.24, 2.45) is 0 Å². The lowest BCUT2D eigenvalue weighted by Crippen LogP contribution is -2.27. The van der Waals surface area contributed by atoms with Crippen molar-refractivity contribution in [1.82, 2.24) is 5.32 Å². The van der Waals surface area contributed by atoms with E-state index in [1.165, 1.54) is 24.3 Å². The van der Waals surface area contributed by atoms with Gasteiger partial charge in [-0.25, -0.2) is 9.18 Å². The fourth-order valence-corrected chi connectivity index (χ4v) is 2.43. The average molecular weight is 382 g/mol. The summed E-state index contributed by atoms with van der Waals surface area (Å²) in [4.78, 5) is 36.0. The molecule has 1 aliphatic rings. The Morgan fingerprint density at radius 3 is 2.64 bits per heavy atom. The fourth-order valence-electron chi connectivity index (χ4n) is 2.43. The molecular formula is C21H19FN2O4. The second-order valence-corrected chi connectivity index (χ2v) is 6.34. The summed E-state index contributed by atoms with van der Waals surface area (Å²) in [5.41, 5.74) is 1.19. The molecule has 2 aromatic carbocycles. The van der Waals surface area contributed by atoms with Gasteiger partial charge in [-0.3, -0.25) is 9.59 Å². The second-order valence-electron chi connectivity index (χ2n) is 6.34. The monoisotopic (exact) mass is 382 g/mol. The van der Waals surface area contributed by atoms with Crippen molar-refractivity contribution in [2.45, 2.75) is 18.9 Å². The van der Waals surface area contributed by atoms with Crippen LogP contribution < -0.4 is 10.6 Å². The molecule has 0 atom stereocenters. The maximum Gasteiger partial charge on any atom is 0.331 e. The minimum atomic E-state index is -0.737. The standard InChI is InChI=1S/C21H19FN2O4/c22-15-5-3-4-14(12-15)8-11-20(26)28-13-19(25)24-18-7-2-1-6-17(18)21(27)23-16-9-10-16/h1-8,11-12,16H,9-10,13H2,(H,23,27)(H,24,25)/b11-8+. The van der Waals surface area contributed by atoms with Crippen LogP contribution in [0.5, 0.6) is 0 Å². The maximum atomic E-state index is 13.1. The summed E-state index contributed by atoms with van der Waals surface area (Å²) in [6.45, 7) is -0.509. The quantitative estimate of drug-likeness (QED) is 0.570. The predicted molar refractivity (Wildman–Crippen MR) is 102 cm³/mol. The van der Waals surface area contributed by atoms with Crippen LogP contribution in [0.1, 0.15) is 28.8 Å². The molecule has 28 heavy (non-hydrogen) atoms. The van der Waals surface area contributed by atoms with Gasteiger partial charge in [0.05, 0.1) is 11.3 Å². The van der Waals surface area contributed by atoms with Gasteiger partial charge in [0.2, 0.25) is 0 Å². The number of anilines is 1. The molecule has 0 aromatic heterocycles. The maximum absolute atomic E-state index is 13.1. The third-order valence-corrected chi connectivity index (χ3v) is 3.96. The van der Waals surface area contributed by atoms with Crippen LogP contribution in [-0.4, -0.2) is 30.4 Å². The SMILES string of the molecule is O=C(COC(=O)/C=C/c1cccc(F)c1)Nc1ccccc1C(=O)NC1CC1. The van der Waals surface area contributed by atoms with Gasteiger partial charge in [-0.2, -0.15) is 0 Å². The van der Waals surface area contributed by atoms with Gasteiger partial charge < -0.3 is 15.4 Å². The molecule has 0 saturated heterocycles. The van der Waals surface area contributed by atoms with Crippen molar-refractivity contribution < 1.29 is 23.5 Å². The lowest BCUT2D eigenvalue weighted by Gasteiger charge is -2.11. The Morgan fingerprint density at radius 2 is 1.89 bits per heavy atom. The van der Waals surface area contributed by atoms with Crippen molar-refractivity contribution in [3.05, 3.63) is 71.6 Å². The van der Waals surface area contributed by atoms with Crippen LogP contribution >= 0.6 is 0 Å². The summed E-state index contributed by atoms with van der Waals surface area (Å²) in [5, 5.41) is 5.43. The summed E-state index contributed by atoms with van der Waals surface area (Å²) < 4.78 is 18.0. The van der Waals surface area contributed by atoms with E-state index < -0.39 is 24.3 Å². The molecule has 1 fully saturated rings. The molecule has 3 rings (SSSR count). The van der Waals surface area contributed by atoms with E-state index in [2.05, 4.69) is 10.6 Å². The number of rotatable bonds is 7. The Hall–Kier alpha value is -3.48. The molecule has 0 aliphatic heterocycles. The minimum Gasteiger partial charge on any atom is -0.452 e. The molecule has 0 radical (unpaired) electrons. The number of ether oxygens (including phenoxy) is 1. The van der Waals surface area contributed by atoms with Crippen LogP contribution in [0.3, 0.4) is 0 Å². The van der Waals surface area contributed by atoms with Gasteiger partial charge in [-0.1, -0.05) is 24.3 Å². The molecule has 2 amide bonds. The highest BCUT2D eigenvalue weighted by atomic mass is 19.1. The molecule has 0 bridgehead atoms. The molecule has 0 heterocycles. The van der Waals surface area contributed by atoms with Gasteiger partial charge >= 0.3 is 5.97 Å². The number of halogens is 1. The van der Waals surface area contributed by atoms with Crippen LogP contribution in [0.15, 0.2) is 54.6 Å². The summed E-state index contributed by atoms with van der Waals surface area (Å²) >= 11 is 0. The number of hydrogen-bond donors (Lipinski definition) is 2. The number of carbonyl (C=O) groups is 3. The molecule has 6 nitrogen and oxygen atoms in total. The van der Waals surface area contributed by atoms with Gasteiger partial charge in [-0.05, 0) is 48.7 Å². The third kappa shape index (κ3) is 5.77. The first kappa shape index (κ1) is 19.3. The van der Waals surface area contributed by atoms with Crippen LogP contribution in [-0.2, 0) is 14.3 Å². The molecule has 0 unspecified atom stereocenters. The highest BCUT2D eigenvalue weighted by Crippen LogP contribution is 2.21. The van der Waals surface area contributed by atoms with Gasteiger partial charge in [0.15, 0.2) is 6.61 Å². The number of para-hydroxylation sites is 1. The molecule has 144 valence electrons. The number of nitrogens with one attached hydrogen (secondary N) is 2. The number of carbonyl (C=O) groups excluding carboxylic acids is 3. The highest BCUT2D eigenvalue weighted by Gasteiger charge is 2.25. The van der Waals surface area contributed by atoms with Crippen molar-refractivity contribution in [3.63, 3.8) is 0 Å². The first-order valence-electron chi connectivity index (χ1n) is 8.81. The first-order valence-corrected chi connectivity index (χ1v) is 8.81. The lowest BCUT2D eigenvalue weighted by atomic mass is 10.1. The van der Waals surface area contributed by atoms with Crippen molar-refractivity contribution in [2.75, 3.05) is 11.9 Å². The van der Waals surface area contributed by atoms with E-state index in [0.717, 1.165) is 18.9 Å². The van der Waals surface area contributed by atoms with Crippen molar-refractivity contribution in [3.8, 4) is 0 Å². The second kappa shape index (κ2) is 8.94. The summed E-state index contributed by atoms with van der Waals surface area (Å²) in [6, 6.07) is 12.5. The number of benzene rings is 2. The van der Waals surface area contributed by atoms with E-state index in [9.17, 15) is 18.8 Å². The normalized spacial score (nSPS) is 13.2. The lowest BCUT2D eigenvalue weighted by molar-refractivity contribution is -0.142. The van der Waals surface area contributed by atoms with Gasteiger partial charge in [-0.15, -0.1) is 0 Å². The minimum absolute atomic E-state index is 0.196. The number of amides is 2. The topological polar surface area (TPSA) is 84.5 Å². The van der Waals surface area contributed by atoms with E-state index >= 15 is 0 Å². The van der Waals surface area contributed by atoms with E-state index in [4.69, 9.17) is 4.74 Å². The third-order valence-electron chi connectivity index (χ3n) is 3.96. The smallest absolute Gasteiger partial charge is 0.331 e. The van der Waals surface area contributed by atoms with Crippen LogP contribution in [0.4, 0.5) is 10.1 Å². The van der Waals surface area contributed by atoms with E-state index in [0.29, 0.717) is 16.8 Å². The van der Waals surface area contributed by atoms with Crippen LogP contribution in [0, 0.1) is 5.82 Å². The Labute approximate surface area is 161 Å². The zero-order valence-electron chi connectivity index (χ0n) is 15.0. The zero-order valence-corrected chi connectivity index (χ0v) is 15.0. The Balaban J connectivity index is 1.51. The Bertz CT molecular complexity index is 922. The summed E-state index contributed by atoms with van der Waals surface area (Å²) in [5.74, 6) is -1.98. The molecule has 2 aromatic rings. The molecule has 7 heteroatoms. The highest BCUT2D eigenvalue weighted by molar-refractivity contribution is 6.04. The van der Waals surface area contributed by atoms with Crippen LogP contribution in [0.2, 0.25) is 0 Å². The largest absolute Gasteiger partial charge is 0.452 e. The van der Waals surface area contributed by atoms with E-state index in [1.807, 2.05) is 0 Å². The van der Waals surface area contributed by atoms with E-state index in [1.54, 1.807) is 30.3 Å². The molecular weight excluding hydrogens is 363 g/mol. The number of hydrogen-bond acceptors (Lipinski definition) is 4. The number of esters is 1. The van der Waals surface area contributed by atoms with Gasteiger partial charge in [0.1, 0.15) is 5.82 Å². The van der Waals surface area contributed by atoms with Crippen molar-refractivity contribution >= 4 is 29.5 Å². The average Bonchev–Trinajstić information content (AvgIpc) is 3.49. The van der Waals surface area contributed by atoms with Gasteiger partial charge in [0.25, 0.3) is 11.8 Å². The Morgan fingerprint density at radius 1 is 1.11 bits per heavy atom. The van der Waals surface area contributed by atoms with Crippen LogP contribution in [0.25, 0.3) is 6.08 Å². The van der Waals surface area contributed by atoms with Crippen molar-refractivity contribution in [1.29, 1.82) is 0 Å². The fraction of sp³-hybridized carbons (Fsp3) is 0.190. The molecule has 1 saturated carbocycles. The first-order chi connectivity index (χ1) is 13.5. The Kier molecular flexibility index (Phi) is 6.16. The molecule has 0 spiro atoms. The summed E-state index contributed by atoms with van der Waals surface area (Å²) in [7, 11) is 0. The van der Waals surface area contributed by atoms with E-state index in [-0.39, 0.29) is 11.9 Å². The molecule has 1 aliphatic carbocycles. The van der Waals surface area contributed by atoms with Gasteiger partial charge in [0, 0.05) is 12.1 Å².